The van der Waals surface area contributed by atoms with Gasteiger partial charge < -0.3 is 24.6 Å². The normalized spacial score (nSPS) is 19.8. The van der Waals surface area contributed by atoms with Crippen LogP contribution in [0.15, 0.2) is 42.5 Å². The molecular weight excluding hydrogens is 585 g/mol. The Kier molecular flexibility index (Phi) is 9.57. The highest BCUT2D eigenvalue weighted by Crippen LogP contribution is 2.34. The minimum absolute atomic E-state index is 0. The third-order valence-electron chi connectivity index (χ3n) is 7.69. The number of alkyl halides is 3. The Labute approximate surface area is 253 Å². The number of ether oxygens (including phenoxy) is 2. The molecule has 2 aromatic carbocycles. The van der Waals surface area contributed by atoms with Gasteiger partial charge in [-0.2, -0.15) is 13.2 Å². The van der Waals surface area contributed by atoms with Gasteiger partial charge in [-0.1, -0.05) is 30.3 Å². The monoisotopic (exact) mass is 620 g/mol. The van der Waals surface area contributed by atoms with Crippen LogP contribution in [0.5, 0.6) is 5.75 Å². The largest absolute Gasteiger partial charge is 0.489 e. The molecule has 43 heavy (non-hydrogen) atoms. The number of thioether (sulfide) groups is 1. The Morgan fingerprint density at radius 1 is 1.07 bits per heavy atom. The van der Waals surface area contributed by atoms with Crippen LogP contribution in [0.3, 0.4) is 0 Å². The fourth-order valence-electron chi connectivity index (χ4n) is 5.32. The highest BCUT2D eigenvalue weighted by atomic mass is 32.2. The molecule has 3 aliphatic rings. The highest BCUT2D eigenvalue weighted by molar-refractivity contribution is 8.26. The van der Waals surface area contributed by atoms with E-state index in [2.05, 4.69) is 10.2 Å². The summed E-state index contributed by atoms with van der Waals surface area (Å²) in [6.45, 7) is 3.97. The lowest BCUT2D eigenvalue weighted by Gasteiger charge is -2.35. The molecule has 2 saturated heterocycles. The average Bonchev–Trinajstić information content (AvgIpc) is 3.31. The Morgan fingerprint density at radius 3 is 2.51 bits per heavy atom. The second-order valence-electron chi connectivity index (χ2n) is 10.6. The van der Waals surface area contributed by atoms with Crippen molar-refractivity contribution in [3.63, 3.8) is 0 Å². The van der Waals surface area contributed by atoms with Gasteiger partial charge >= 0.3 is 6.18 Å². The van der Waals surface area contributed by atoms with Crippen molar-refractivity contribution in [1.82, 2.24) is 20.0 Å². The predicted molar refractivity (Wildman–Crippen MR) is 157 cm³/mol. The number of fused-ring (bicyclic) bond motifs is 1. The summed E-state index contributed by atoms with van der Waals surface area (Å²) in [6.07, 6.45) is -3.52. The molecule has 0 spiro atoms. The molecule has 3 heterocycles. The first-order valence-corrected chi connectivity index (χ1v) is 14.8. The molecule has 1 unspecified atom stereocenters. The van der Waals surface area contributed by atoms with Crippen molar-refractivity contribution in [2.45, 2.75) is 44.8 Å². The van der Waals surface area contributed by atoms with Gasteiger partial charge in [0, 0.05) is 51.9 Å². The van der Waals surface area contributed by atoms with Gasteiger partial charge in [-0.05, 0) is 47.9 Å². The van der Waals surface area contributed by atoms with Crippen LogP contribution in [0.2, 0.25) is 0 Å². The summed E-state index contributed by atoms with van der Waals surface area (Å²) >= 11 is 0.135. The fraction of sp³-hybridized carbons (Fsp3) is 0.448. The lowest BCUT2D eigenvalue weighted by molar-refractivity contribution is -0.129. The third kappa shape index (κ3) is 7.48. The standard InChI is InChI=1S/C29H33F3N6O4S.H2/c30-29(31,32)27(33)43-28(34)37-12-10-36(11-13-37)15-19-6-8-20(9-7-19)17-42-24-5-1-3-21-22(24)16-38(26(21)40)23-4-2-14-41-18-35-25(23)39;/h1,3,5-9,23,33-34H,2,4,10-18H2,(H,35,39);1H. The number of amidine groups is 1. The Bertz CT molecular complexity index is 1370. The number of rotatable bonds is 6. The fourth-order valence-corrected chi connectivity index (χ4v) is 5.94. The maximum atomic E-state index is 13.2. The molecule has 1 atom stereocenters. The number of amides is 2. The summed E-state index contributed by atoms with van der Waals surface area (Å²) in [4.78, 5) is 31.2. The lowest BCUT2D eigenvalue weighted by atomic mass is 10.1. The van der Waals surface area contributed by atoms with Gasteiger partial charge in [-0.3, -0.25) is 25.3 Å². The minimum atomic E-state index is -4.74. The second-order valence-corrected chi connectivity index (χ2v) is 11.6. The molecule has 14 heteroatoms. The van der Waals surface area contributed by atoms with Gasteiger partial charge in [0.1, 0.15) is 25.1 Å². The summed E-state index contributed by atoms with van der Waals surface area (Å²) in [6, 6.07) is 12.8. The van der Waals surface area contributed by atoms with Crippen LogP contribution in [0.4, 0.5) is 13.2 Å². The predicted octanol–water partition coefficient (Wildman–Crippen LogP) is 4.05. The number of hydrogen-bond donors (Lipinski definition) is 3. The molecular formula is C29H35F3N6O4S. The molecule has 10 nitrogen and oxygen atoms in total. The van der Waals surface area contributed by atoms with Crippen LogP contribution >= 0.6 is 11.8 Å². The molecule has 2 amide bonds. The summed E-state index contributed by atoms with van der Waals surface area (Å²) in [7, 11) is 0. The zero-order valence-corrected chi connectivity index (χ0v) is 24.2. The van der Waals surface area contributed by atoms with Gasteiger partial charge in [0.25, 0.3) is 5.91 Å². The molecule has 0 aliphatic carbocycles. The van der Waals surface area contributed by atoms with Crippen molar-refractivity contribution in [2.75, 3.05) is 39.5 Å². The second kappa shape index (κ2) is 13.3. The van der Waals surface area contributed by atoms with Crippen LogP contribution in [-0.2, 0) is 29.2 Å². The number of benzene rings is 2. The molecule has 0 aromatic heterocycles. The molecule has 2 fully saturated rings. The average molecular weight is 621 g/mol. The first-order chi connectivity index (χ1) is 20.6. The maximum Gasteiger partial charge on any atom is 0.439 e. The smallest absolute Gasteiger partial charge is 0.439 e. The number of nitrogens with zero attached hydrogens (tertiary/aromatic N) is 3. The van der Waals surface area contributed by atoms with Crippen molar-refractivity contribution in [2.24, 2.45) is 0 Å². The maximum absolute atomic E-state index is 13.2. The van der Waals surface area contributed by atoms with E-state index in [0.29, 0.717) is 76.6 Å². The van der Waals surface area contributed by atoms with E-state index in [9.17, 15) is 22.8 Å². The Morgan fingerprint density at radius 2 is 1.79 bits per heavy atom. The number of halogens is 3. The molecule has 0 radical (unpaired) electrons. The first kappa shape index (κ1) is 30.8. The van der Waals surface area contributed by atoms with Crippen molar-refractivity contribution < 1.29 is 33.7 Å². The number of hydrogen-bond acceptors (Lipinski definition) is 8. The lowest BCUT2D eigenvalue weighted by Crippen LogP contribution is -2.48. The quantitative estimate of drug-likeness (QED) is 0.329. The zero-order chi connectivity index (χ0) is 30.6. The van der Waals surface area contributed by atoms with E-state index in [1.165, 1.54) is 0 Å². The van der Waals surface area contributed by atoms with Gasteiger partial charge in [0.15, 0.2) is 10.2 Å². The first-order valence-electron chi connectivity index (χ1n) is 14.0. The van der Waals surface area contributed by atoms with Gasteiger partial charge in [0.2, 0.25) is 5.91 Å². The summed E-state index contributed by atoms with van der Waals surface area (Å²) in [5.74, 6) is 0.216. The SMILES string of the molecule is N=C(SC(=N)C(F)(F)F)N1CCN(Cc2ccc(COc3cccc4c3CN(C3CCCOCNC3=O)C4=O)cc2)CC1.[HH]. The van der Waals surface area contributed by atoms with Crippen molar-refractivity contribution >= 4 is 33.8 Å². The van der Waals surface area contributed by atoms with E-state index in [1.807, 2.05) is 30.3 Å². The molecule has 5 rings (SSSR count). The van der Waals surface area contributed by atoms with Crippen LogP contribution in [-0.4, -0.2) is 88.5 Å². The van der Waals surface area contributed by atoms with E-state index >= 15 is 0 Å². The van der Waals surface area contributed by atoms with Crippen LogP contribution in [0, 0.1) is 10.8 Å². The molecule has 3 aliphatic heterocycles. The molecule has 3 N–H and O–H groups in total. The van der Waals surface area contributed by atoms with E-state index < -0.39 is 17.3 Å². The van der Waals surface area contributed by atoms with Crippen LogP contribution in [0.25, 0.3) is 0 Å². The van der Waals surface area contributed by atoms with E-state index in [0.717, 1.165) is 16.7 Å². The summed E-state index contributed by atoms with van der Waals surface area (Å²) in [5.41, 5.74) is 3.34. The minimum Gasteiger partial charge on any atom is -0.489 e. The molecule has 2 aromatic rings. The van der Waals surface area contributed by atoms with Gasteiger partial charge in [0.05, 0.1) is 6.54 Å². The van der Waals surface area contributed by atoms with Gasteiger partial charge in [-0.15, -0.1) is 0 Å². The Balaban J connectivity index is 0.00000442. The number of nitrogens with one attached hydrogen (secondary N) is 3. The van der Waals surface area contributed by atoms with Gasteiger partial charge in [-0.25, -0.2) is 0 Å². The number of carbonyl (C=O) groups is 2. The van der Waals surface area contributed by atoms with Crippen molar-refractivity contribution in [3.8, 4) is 5.75 Å². The van der Waals surface area contributed by atoms with E-state index in [1.54, 1.807) is 21.9 Å². The van der Waals surface area contributed by atoms with Crippen LogP contribution < -0.4 is 10.1 Å². The van der Waals surface area contributed by atoms with Crippen molar-refractivity contribution in [1.29, 1.82) is 10.8 Å². The molecule has 0 bridgehead atoms. The van der Waals surface area contributed by atoms with E-state index in [-0.39, 0.29) is 36.9 Å². The number of piperazine rings is 1. The summed E-state index contributed by atoms with van der Waals surface area (Å²) in [5, 5.41) is 16.0. The molecule has 0 saturated carbocycles. The molecule has 232 valence electrons. The number of carbonyl (C=O) groups excluding carboxylic acids is 2. The highest BCUT2D eigenvalue weighted by Gasteiger charge is 2.38. The Hall–Kier alpha value is -3.62. The zero-order valence-electron chi connectivity index (χ0n) is 23.4. The third-order valence-corrected chi connectivity index (χ3v) is 8.57. The van der Waals surface area contributed by atoms with Crippen molar-refractivity contribution in [3.05, 3.63) is 64.7 Å². The topological polar surface area (TPSA) is 122 Å². The van der Waals surface area contributed by atoms with Crippen LogP contribution in [0.1, 0.15) is 41.3 Å². The summed E-state index contributed by atoms with van der Waals surface area (Å²) < 4.78 is 49.3. The van der Waals surface area contributed by atoms with E-state index in [4.69, 9.17) is 20.3 Å².